The van der Waals surface area contributed by atoms with Crippen molar-refractivity contribution in [2.45, 2.75) is 62.5 Å². The van der Waals surface area contributed by atoms with Gasteiger partial charge in [0.15, 0.2) is 11.5 Å². The van der Waals surface area contributed by atoms with Gasteiger partial charge in [0.25, 0.3) is 0 Å². The monoisotopic (exact) mass is 369 g/mol. The van der Waals surface area contributed by atoms with Crippen LogP contribution in [0.4, 0.5) is 0 Å². The summed E-state index contributed by atoms with van der Waals surface area (Å²) in [6.07, 6.45) is 6.01. The molecule has 27 heavy (non-hydrogen) atoms. The van der Waals surface area contributed by atoms with Gasteiger partial charge in [0.1, 0.15) is 0 Å². The third-order valence-electron chi connectivity index (χ3n) is 8.21. The van der Waals surface area contributed by atoms with E-state index in [2.05, 4.69) is 18.4 Å². The molecule has 0 amide bonds. The highest BCUT2D eigenvalue weighted by molar-refractivity contribution is 5.59. The Kier molecular flexibility index (Phi) is 3.74. The molecule has 146 valence electrons. The van der Waals surface area contributed by atoms with E-state index in [9.17, 15) is 10.2 Å². The summed E-state index contributed by atoms with van der Waals surface area (Å²) in [7, 11) is 1.63. The van der Waals surface area contributed by atoms with Crippen LogP contribution in [0.25, 0.3) is 0 Å². The van der Waals surface area contributed by atoms with E-state index in [1.165, 1.54) is 24.0 Å². The van der Waals surface area contributed by atoms with Crippen LogP contribution in [-0.2, 0) is 11.8 Å². The number of methoxy groups -OCH3 is 1. The molecule has 1 heterocycles. The lowest BCUT2D eigenvalue weighted by Gasteiger charge is -2.66. The van der Waals surface area contributed by atoms with E-state index in [-0.39, 0.29) is 17.7 Å². The van der Waals surface area contributed by atoms with E-state index in [1.54, 1.807) is 13.2 Å². The number of nitrogens with zero attached hydrogens (tertiary/aromatic N) is 1. The summed E-state index contributed by atoms with van der Waals surface area (Å²) in [6.45, 7) is 8.69. The SMILES string of the molecule is C=C1CC[C@@]2(O)[C@H]3Cc4ccc(O)c(OC)c4[C@@]2(CCN3CC2CC2)C1C. The van der Waals surface area contributed by atoms with Gasteiger partial charge in [0.05, 0.1) is 12.7 Å². The van der Waals surface area contributed by atoms with Gasteiger partial charge in [0.2, 0.25) is 0 Å². The molecule has 3 fully saturated rings. The maximum absolute atomic E-state index is 12.3. The van der Waals surface area contributed by atoms with Crippen LogP contribution in [-0.4, -0.2) is 47.0 Å². The number of phenolic OH excluding ortho intramolecular Hbond substituents is 1. The maximum Gasteiger partial charge on any atom is 0.164 e. The highest BCUT2D eigenvalue weighted by atomic mass is 16.5. The molecule has 1 aromatic rings. The summed E-state index contributed by atoms with van der Waals surface area (Å²) < 4.78 is 5.70. The fourth-order valence-corrected chi connectivity index (χ4v) is 6.58. The van der Waals surface area contributed by atoms with E-state index in [0.717, 1.165) is 50.3 Å². The molecule has 0 aromatic heterocycles. The molecule has 1 aliphatic heterocycles. The lowest BCUT2D eigenvalue weighted by Crippen LogP contribution is -2.74. The molecular weight excluding hydrogens is 338 g/mol. The van der Waals surface area contributed by atoms with Crippen LogP contribution in [0.5, 0.6) is 11.5 Å². The maximum atomic E-state index is 12.3. The second-order valence-electron chi connectivity index (χ2n) is 9.34. The Morgan fingerprint density at radius 2 is 2.07 bits per heavy atom. The van der Waals surface area contributed by atoms with Gasteiger partial charge in [-0.15, -0.1) is 0 Å². The van der Waals surface area contributed by atoms with Crippen LogP contribution in [0.3, 0.4) is 0 Å². The summed E-state index contributed by atoms with van der Waals surface area (Å²) in [4.78, 5) is 2.57. The molecule has 0 spiro atoms. The first-order valence-electron chi connectivity index (χ1n) is 10.5. The number of benzene rings is 1. The number of phenols is 1. The average molecular weight is 370 g/mol. The molecule has 1 saturated heterocycles. The van der Waals surface area contributed by atoms with Crippen molar-refractivity contribution in [2.24, 2.45) is 11.8 Å². The Hall–Kier alpha value is -1.52. The molecule has 5 rings (SSSR count). The predicted molar refractivity (Wildman–Crippen MR) is 105 cm³/mol. The number of hydrogen-bond acceptors (Lipinski definition) is 4. The Morgan fingerprint density at radius 3 is 2.78 bits per heavy atom. The fraction of sp³-hybridized carbons (Fsp3) is 0.652. The zero-order valence-corrected chi connectivity index (χ0v) is 16.5. The number of rotatable bonds is 3. The summed E-state index contributed by atoms with van der Waals surface area (Å²) in [6, 6.07) is 3.94. The van der Waals surface area contributed by atoms with Crippen LogP contribution in [0, 0.1) is 11.8 Å². The van der Waals surface area contributed by atoms with Crippen molar-refractivity contribution in [1.82, 2.24) is 4.90 Å². The van der Waals surface area contributed by atoms with Crippen LogP contribution in [0.1, 0.15) is 50.2 Å². The van der Waals surface area contributed by atoms with Crippen molar-refractivity contribution in [3.05, 3.63) is 35.4 Å². The molecule has 4 atom stereocenters. The Bertz CT molecular complexity index is 801. The number of likely N-dealkylation sites (tertiary alicyclic amines) is 1. The summed E-state index contributed by atoms with van der Waals surface area (Å²) in [5, 5.41) is 22.8. The molecule has 2 saturated carbocycles. The number of aromatic hydroxyl groups is 1. The van der Waals surface area contributed by atoms with Gasteiger partial charge in [-0.3, -0.25) is 4.90 Å². The van der Waals surface area contributed by atoms with Crippen LogP contribution in [0.15, 0.2) is 24.3 Å². The normalized spacial score (nSPS) is 38.3. The van der Waals surface area contributed by atoms with Gasteiger partial charge in [-0.1, -0.05) is 25.1 Å². The van der Waals surface area contributed by atoms with Crippen molar-refractivity contribution in [1.29, 1.82) is 0 Å². The number of ether oxygens (including phenoxy) is 1. The fourth-order valence-electron chi connectivity index (χ4n) is 6.58. The Morgan fingerprint density at radius 1 is 1.30 bits per heavy atom. The van der Waals surface area contributed by atoms with Gasteiger partial charge >= 0.3 is 0 Å². The van der Waals surface area contributed by atoms with E-state index in [4.69, 9.17) is 4.74 Å². The quantitative estimate of drug-likeness (QED) is 0.802. The van der Waals surface area contributed by atoms with E-state index in [0.29, 0.717) is 5.75 Å². The molecule has 4 aliphatic rings. The van der Waals surface area contributed by atoms with Gasteiger partial charge in [-0.25, -0.2) is 0 Å². The second kappa shape index (κ2) is 5.74. The first-order chi connectivity index (χ1) is 12.9. The number of piperidine rings is 1. The Labute approximate surface area is 161 Å². The summed E-state index contributed by atoms with van der Waals surface area (Å²) in [5.74, 6) is 1.71. The minimum atomic E-state index is -0.797. The largest absolute Gasteiger partial charge is 0.504 e. The van der Waals surface area contributed by atoms with Gasteiger partial charge in [-0.2, -0.15) is 0 Å². The number of allylic oxidation sites excluding steroid dienone is 1. The van der Waals surface area contributed by atoms with Crippen molar-refractivity contribution in [3.63, 3.8) is 0 Å². The van der Waals surface area contributed by atoms with E-state index in [1.807, 2.05) is 6.07 Å². The van der Waals surface area contributed by atoms with Gasteiger partial charge < -0.3 is 14.9 Å². The standard InChI is InChI=1S/C23H31NO3/c1-14-8-9-23(26)19-12-17-6-7-18(25)21(27-3)20(17)22(23,15(14)2)10-11-24(19)13-16-4-5-16/h6-7,15-16,19,25-26H,1,4-5,8-13H2,2-3H3/t15?,19-,22-,23-/m1/s1. The third-order valence-corrected chi connectivity index (χ3v) is 8.21. The van der Waals surface area contributed by atoms with E-state index < -0.39 is 11.0 Å². The lowest BCUT2D eigenvalue weighted by molar-refractivity contribution is -0.173. The highest BCUT2D eigenvalue weighted by Gasteiger charge is 2.67. The highest BCUT2D eigenvalue weighted by Crippen LogP contribution is 2.64. The molecule has 3 aliphatic carbocycles. The van der Waals surface area contributed by atoms with Crippen molar-refractivity contribution in [3.8, 4) is 11.5 Å². The predicted octanol–water partition coefficient (Wildman–Crippen LogP) is 3.40. The van der Waals surface area contributed by atoms with Crippen LogP contribution >= 0.6 is 0 Å². The second-order valence-corrected chi connectivity index (χ2v) is 9.34. The van der Waals surface area contributed by atoms with Crippen molar-refractivity contribution < 1.29 is 14.9 Å². The molecule has 2 bridgehead atoms. The Balaban J connectivity index is 1.73. The lowest BCUT2D eigenvalue weighted by atomic mass is 9.45. The van der Waals surface area contributed by atoms with Crippen LogP contribution < -0.4 is 4.74 Å². The summed E-state index contributed by atoms with van der Waals surface area (Å²) >= 11 is 0. The van der Waals surface area contributed by atoms with Gasteiger partial charge in [0, 0.05) is 23.6 Å². The molecular formula is C23H31NO3. The van der Waals surface area contributed by atoms with Crippen molar-refractivity contribution in [2.75, 3.05) is 20.2 Å². The third kappa shape index (κ3) is 2.17. The molecule has 4 nitrogen and oxygen atoms in total. The number of fused-ring (bicyclic) bond motifs is 1. The molecule has 2 N–H and O–H groups in total. The minimum absolute atomic E-state index is 0.143. The smallest absolute Gasteiger partial charge is 0.164 e. The minimum Gasteiger partial charge on any atom is -0.504 e. The molecule has 1 aromatic carbocycles. The zero-order chi connectivity index (χ0) is 19.0. The average Bonchev–Trinajstić information content (AvgIpc) is 3.46. The topological polar surface area (TPSA) is 52.9 Å². The first-order valence-corrected chi connectivity index (χ1v) is 10.5. The molecule has 0 radical (unpaired) electrons. The number of hydrogen-bond donors (Lipinski definition) is 2. The first kappa shape index (κ1) is 17.6. The molecule has 4 heteroatoms. The van der Waals surface area contributed by atoms with E-state index >= 15 is 0 Å². The zero-order valence-electron chi connectivity index (χ0n) is 16.5. The molecule has 1 unspecified atom stereocenters. The van der Waals surface area contributed by atoms with Gasteiger partial charge in [-0.05, 0) is 68.5 Å². The number of aliphatic hydroxyl groups is 1. The summed E-state index contributed by atoms with van der Waals surface area (Å²) in [5.41, 5.74) is 2.26. The van der Waals surface area contributed by atoms with Crippen LogP contribution in [0.2, 0.25) is 0 Å². The van der Waals surface area contributed by atoms with Crippen molar-refractivity contribution >= 4 is 0 Å².